The average Bonchev–Trinajstić information content (AvgIpc) is 2.42. The number of benzene rings is 2. The molecule has 2 aromatic rings. The maximum atomic E-state index is 11.3. The monoisotopic (exact) mass is 321 g/mol. The molecule has 0 unspecified atom stereocenters. The van der Waals surface area contributed by atoms with Gasteiger partial charge in [-0.3, -0.25) is 0 Å². The summed E-state index contributed by atoms with van der Waals surface area (Å²) in [5.74, 6) is 0.901. The van der Waals surface area contributed by atoms with Gasteiger partial charge in [-0.25, -0.2) is 4.79 Å². The molecule has 4 nitrogen and oxygen atoms in total. The first-order valence-electron chi connectivity index (χ1n) is 5.51. The number of hydrogen-bond acceptors (Lipinski definition) is 4. The van der Waals surface area contributed by atoms with Crippen LogP contribution in [-0.2, 0) is 4.74 Å². The van der Waals surface area contributed by atoms with E-state index in [0.717, 1.165) is 4.47 Å². The van der Waals surface area contributed by atoms with E-state index < -0.39 is 0 Å². The minimum atomic E-state index is -0.375. The van der Waals surface area contributed by atoms with Crippen molar-refractivity contribution in [3.8, 4) is 11.5 Å². The predicted octanol–water partition coefficient (Wildman–Crippen LogP) is 3.61. The van der Waals surface area contributed by atoms with Crippen LogP contribution in [0, 0.1) is 0 Å². The summed E-state index contributed by atoms with van der Waals surface area (Å²) in [4.78, 5) is 11.3. The first-order chi connectivity index (χ1) is 9.10. The summed E-state index contributed by atoms with van der Waals surface area (Å²) in [6, 6.07) is 12.0. The van der Waals surface area contributed by atoms with E-state index >= 15 is 0 Å². The Labute approximate surface area is 119 Å². The lowest BCUT2D eigenvalue weighted by atomic mass is 10.2. The van der Waals surface area contributed by atoms with Crippen LogP contribution in [-0.4, -0.2) is 13.1 Å². The lowest BCUT2D eigenvalue weighted by Crippen LogP contribution is -2.00. The maximum absolute atomic E-state index is 11.3. The van der Waals surface area contributed by atoms with Gasteiger partial charge in [0, 0.05) is 5.69 Å². The van der Waals surface area contributed by atoms with E-state index in [-0.39, 0.29) is 5.97 Å². The first-order valence-corrected chi connectivity index (χ1v) is 6.30. The third-order valence-electron chi connectivity index (χ3n) is 2.46. The van der Waals surface area contributed by atoms with Crippen LogP contribution in [0.3, 0.4) is 0 Å². The summed E-state index contributed by atoms with van der Waals surface area (Å²) in [7, 11) is 1.35. The van der Waals surface area contributed by atoms with Crippen molar-refractivity contribution in [2.75, 3.05) is 12.8 Å². The second-order valence-electron chi connectivity index (χ2n) is 3.81. The van der Waals surface area contributed by atoms with E-state index in [9.17, 15) is 4.79 Å². The van der Waals surface area contributed by atoms with Gasteiger partial charge in [0.25, 0.3) is 0 Å². The smallest absolute Gasteiger partial charge is 0.337 e. The molecule has 0 radical (unpaired) electrons. The Morgan fingerprint density at radius 3 is 2.42 bits per heavy atom. The highest BCUT2D eigenvalue weighted by Gasteiger charge is 2.06. The molecule has 19 heavy (non-hydrogen) atoms. The summed E-state index contributed by atoms with van der Waals surface area (Å²) in [5, 5.41) is 0. The minimum absolute atomic E-state index is 0.375. The van der Waals surface area contributed by atoms with Gasteiger partial charge in [-0.2, -0.15) is 0 Å². The molecule has 0 amide bonds. The summed E-state index contributed by atoms with van der Waals surface area (Å²) in [6.45, 7) is 0. The minimum Gasteiger partial charge on any atom is -0.465 e. The van der Waals surface area contributed by atoms with Gasteiger partial charge in [-0.15, -0.1) is 0 Å². The van der Waals surface area contributed by atoms with Crippen LogP contribution in [0.1, 0.15) is 10.4 Å². The fourth-order valence-corrected chi connectivity index (χ4v) is 1.98. The van der Waals surface area contributed by atoms with Crippen LogP contribution < -0.4 is 10.5 Å². The molecule has 0 aliphatic heterocycles. The normalized spacial score (nSPS) is 10.0. The van der Waals surface area contributed by atoms with Crippen molar-refractivity contribution in [2.24, 2.45) is 0 Å². The summed E-state index contributed by atoms with van der Waals surface area (Å²) in [5.41, 5.74) is 6.78. The molecule has 2 rings (SSSR count). The SMILES string of the molecule is COC(=O)c1ccc(Oc2ccc(N)cc2Br)cc1. The average molecular weight is 322 g/mol. The number of rotatable bonds is 3. The first kappa shape index (κ1) is 13.4. The number of ether oxygens (including phenoxy) is 2. The van der Waals surface area contributed by atoms with Crippen molar-refractivity contribution in [1.82, 2.24) is 0 Å². The van der Waals surface area contributed by atoms with Crippen molar-refractivity contribution < 1.29 is 14.3 Å². The van der Waals surface area contributed by atoms with Crippen molar-refractivity contribution in [3.63, 3.8) is 0 Å². The number of carbonyl (C=O) groups excluding carboxylic acids is 1. The molecule has 2 N–H and O–H groups in total. The van der Waals surface area contributed by atoms with Gasteiger partial charge >= 0.3 is 5.97 Å². The van der Waals surface area contributed by atoms with E-state index in [2.05, 4.69) is 20.7 Å². The quantitative estimate of drug-likeness (QED) is 0.693. The van der Waals surface area contributed by atoms with E-state index in [1.54, 1.807) is 42.5 Å². The van der Waals surface area contributed by atoms with Gasteiger partial charge in [-0.1, -0.05) is 0 Å². The van der Waals surface area contributed by atoms with Gasteiger partial charge in [0.15, 0.2) is 0 Å². The van der Waals surface area contributed by atoms with Crippen LogP contribution in [0.5, 0.6) is 11.5 Å². The van der Waals surface area contributed by atoms with Crippen LogP contribution in [0.4, 0.5) is 5.69 Å². The van der Waals surface area contributed by atoms with Crippen molar-refractivity contribution in [3.05, 3.63) is 52.5 Å². The lowest BCUT2D eigenvalue weighted by molar-refractivity contribution is 0.0600. The van der Waals surface area contributed by atoms with Crippen LogP contribution in [0.2, 0.25) is 0 Å². The molecular weight excluding hydrogens is 310 g/mol. The van der Waals surface area contributed by atoms with E-state index in [1.165, 1.54) is 7.11 Å². The third-order valence-corrected chi connectivity index (χ3v) is 3.08. The second kappa shape index (κ2) is 5.75. The summed E-state index contributed by atoms with van der Waals surface area (Å²) < 4.78 is 11.1. The van der Waals surface area contributed by atoms with Crippen LogP contribution in [0.25, 0.3) is 0 Å². The van der Waals surface area contributed by atoms with E-state index in [0.29, 0.717) is 22.7 Å². The number of esters is 1. The Kier molecular flexibility index (Phi) is 4.06. The van der Waals surface area contributed by atoms with Crippen LogP contribution >= 0.6 is 15.9 Å². The van der Waals surface area contributed by atoms with Gasteiger partial charge in [-0.05, 0) is 58.4 Å². The molecular formula is C14H12BrNO3. The third kappa shape index (κ3) is 3.26. The maximum Gasteiger partial charge on any atom is 0.337 e. The predicted molar refractivity (Wildman–Crippen MR) is 76.4 cm³/mol. The van der Waals surface area contributed by atoms with Crippen LogP contribution in [0.15, 0.2) is 46.9 Å². The second-order valence-corrected chi connectivity index (χ2v) is 4.66. The van der Waals surface area contributed by atoms with Gasteiger partial charge in [0.1, 0.15) is 11.5 Å². The molecule has 0 atom stereocenters. The number of methoxy groups -OCH3 is 1. The van der Waals surface area contributed by atoms with Gasteiger partial charge < -0.3 is 15.2 Å². The highest BCUT2D eigenvalue weighted by atomic mass is 79.9. The highest BCUT2D eigenvalue weighted by molar-refractivity contribution is 9.10. The largest absolute Gasteiger partial charge is 0.465 e. The van der Waals surface area contributed by atoms with Gasteiger partial charge in [0.2, 0.25) is 0 Å². The molecule has 0 bridgehead atoms. The van der Waals surface area contributed by atoms with Crippen molar-refractivity contribution in [2.45, 2.75) is 0 Å². The molecule has 0 saturated carbocycles. The standard InChI is InChI=1S/C14H12BrNO3/c1-18-14(17)9-2-5-11(6-3-9)19-13-7-4-10(16)8-12(13)15/h2-8H,16H2,1H3. The lowest BCUT2D eigenvalue weighted by Gasteiger charge is -2.08. The number of carbonyl (C=O) groups is 1. The molecule has 5 heteroatoms. The molecule has 0 saturated heterocycles. The molecule has 2 aromatic carbocycles. The number of nitrogen functional groups attached to an aromatic ring is 1. The van der Waals surface area contributed by atoms with Gasteiger partial charge in [0.05, 0.1) is 17.1 Å². The highest BCUT2D eigenvalue weighted by Crippen LogP contribution is 2.31. The zero-order chi connectivity index (χ0) is 13.8. The molecule has 0 aromatic heterocycles. The fraction of sp³-hybridized carbons (Fsp3) is 0.0714. The Bertz CT molecular complexity index is 596. The zero-order valence-electron chi connectivity index (χ0n) is 10.2. The van der Waals surface area contributed by atoms with Crippen molar-refractivity contribution >= 4 is 27.6 Å². The van der Waals surface area contributed by atoms with E-state index in [1.807, 2.05) is 0 Å². The number of anilines is 1. The summed E-state index contributed by atoms with van der Waals surface area (Å²) in [6.07, 6.45) is 0. The topological polar surface area (TPSA) is 61.5 Å². The zero-order valence-corrected chi connectivity index (χ0v) is 11.8. The Morgan fingerprint density at radius 1 is 1.16 bits per heavy atom. The number of halogens is 1. The Hall–Kier alpha value is -2.01. The van der Waals surface area contributed by atoms with E-state index in [4.69, 9.17) is 10.5 Å². The fourth-order valence-electron chi connectivity index (χ4n) is 1.50. The Balaban J connectivity index is 2.17. The van der Waals surface area contributed by atoms with Crippen molar-refractivity contribution in [1.29, 1.82) is 0 Å². The molecule has 0 spiro atoms. The summed E-state index contributed by atoms with van der Waals surface area (Å²) >= 11 is 3.37. The Morgan fingerprint density at radius 2 is 1.84 bits per heavy atom. The number of hydrogen-bond donors (Lipinski definition) is 1. The number of nitrogens with two attached hydrogens (primary N) is 1. The molecule has 98 valence electrons. The molecule has 0 heterocycles. The molecule has 0 aliphatic carbocycles. The molecule has 0 aliphatic rings. The molecule has 0 fully saturated rings.